The lowest BCUT2D eigenvalue weighted by Crippen LogP contribution is -2.29. The molecule has 0 fully saturated rings. The summed E-state index contributed by atoms with van der Waals surface area (Å²) in [6.07, 6.45) is 1.73. The minimum absolute atomic E-state index is 0.00960. The number of nitro benzene ring substituents is 1. The molecule has 15 heteroatoms. The molecule has 0 bridgehead atoms. The summed E-state index contributed by atoms with van der Waals surface area (Å²) in [6.45, 7) is 2.86. The zero-order valence-corrected chi connectivity index (χ0v) is 23.7. The Morgan fingerprint density at radius 2 is 1.69 bits per heavy atom. The third kappa shape index (κ3) is 10.5. The van der Waals surface area contributed by atoms with E-state index in [1.54, 1.807) is 13.8 Å². The van der Waals surface area contributed by atoms with Gasteiger partial charge in [0, 0.05) is 35.8 Å². The van der Waals surface area contributed by atoms with Gasteiger partial charge in [0.2, 0.25) is 0 Å². The van der Waals surface area contributed by atoms with Gasteiger partial charge in [-0.25, -0.2) is 16.8 Å². The average Bonchev–Trinajstić information content (AvgIpc) is 2.83. The van der Waals surface area contributed by atoms with E-state index in [2.05, 4.69) is 5.32 Å². The molecule has 0 atom stereocenters. The predicted octanol–water partition coefficient (Wildman–Crippen LogP) is 3.21. The van der Waals surface area contributed by atoms with Crippen molar-refractivity contribution in [1.82, 2.24) is 5.32 Å². The standard InChI is InChI=1S/C24H29ClN2O10S2/c1-17-13-20(14-18(2)24(17)39(25,34)35)37-16-22(28)26-10-5-3-4-9-23(29)36-11-12-38(32,33)21-8-6-7-19(15-21)27(30)31/h6-8,13-15H,3-5,9-12,16H2,1-2H3,(H,26,28). The normalized spacial score (nSPS) is 11.6. The van der Waals surface area contributed by atoms with E-state index < -0.39 is 35.5 Å². The number of unbranched alkanes of at least 4 members (excludes halogenated alkanes) is 2. The highest BCUT2D eigenvalue weighted by atomic mass is 35.7. The van der Waals surface area contributed by atoms with Crippen molar-refractivity contribution in [3.05, 3.63) is 57.6 Å². The van der Waals surface area contributed by atoms with Gasteiger partial charge in [0.05, 0.1) is 20.5 Å². The fraction of sp³-hybridized carbons (Fsp3) is 0.417. The minimum Gasteiger partial charge on any atom is -0.484 e. The van der Waals surface area contributed by atoms with Gasteiger partial charge in [-0.2, -0.15) is 0 Å². The third-order valence-corrected chi connectivity index (χ3v) is 8.70. The second kappa shape index (κ2) is 14.2. The molecular weight excluding hydrogens is 576 g/mol. The zero-order valence-electron chi connectivity index (χ0n) is 21.3. The second-order valence-electron chi connectivity index (χ2n) is 8.57. The first-order chi connectivity index (χ1) is 18.2. The number of hydrogen-bond donors (Lipinski definition) is 1. The van der Waals surface area contributed by atoms with E-state index in [1.165, 1.54) is 30.3 Å². The molecule has 0 aliphatic heterocycles. The molecule has 2 aromatic carbocycles. The molecular formula is C24H29ClN2O10S2. The van der Waals surface area contributed by atoms with Crippen LogP contribution in [0, 0.1) is 24.0 Å². The van der Waals surface area contributed by atoms with Gasteiger partial charge in [0.15, 0.2) is 16.4 Å². The van der Waals surface area contributed by atoms with Crippen molar-refractivity contribution in [1.29, 1.82) is 0 Å². The molecule has 0 unspecified atom stereocenters. The monoisotopic (exact) mass is 604 g/mol. The first-order valence-electron chi connectivity index (χ1n) is 11.8. The van der Waals surface area contributed by atoms with Crippen molar-refractivity contribution in [2.75, 3.05) is 25.5 Å². The number of nitrogens with one attached hydrogen (secondary N) is 1. The number of nitrogens with zero attached hydrogens (tertiary/aromatic N) is 1. The molecule has 1 amide bonds. The van der Waals surface area contributed by atoms with Crippen LogP contribution in [0.2, 0.25) is 0 Å². The van der Waals surface area contributed by atoms with Crippen molar-refractivity contribution < 1.29 is 40.8 Å². The average molecular weight is 605 g/mol. The summed E-state index contributed by atoms with van der Waals surface area (Å²) in [5.41, 5.74) is 0.463. The number of esters is 1. The van der Waals surface area contributed by atoms with Crippen LogP contribution in [0.15, 0.2) is 46.2 Å². The van der Waals surface area contributed by atoms with Crippen LogP contribution in [0.4, 0.5) is 5.69 Å². The molecule has 0 radical (unpaired) electrons. The van der Waals surface area contributed by atoms with E-state index in [-0.39, 0.29) is 41.0 Å². The Labute approximate surface area is 231 Å². The molecule has 1 N–H and O–H groups in total. The fourth-order valence-corrected chi connectivity index (χ4v) is 6.36. The Morgan fingerprint density at radius 1 is 1.03 bits per heavy atom. The van der Waals surface area contributed by atoms with Crippen molar-refractivity contribution in [2.45, 2.75) is 49.3 Å². The van der Waals surface area contributed by atoms with Crippen LogP contribution in [0.25, 0.3) is 0 Å². The lowest BCUT2D eigenvalue weighted by atomic mass is 10.1. The predicted molar refractivity (Wildman–Crippen MR) is 142 cm³/mol. The Bertz CT molecular complexity index is 1400. The molecule has 0 spiro atoms. The minimum atomic E-state index is -3.90. The molecule has 0 heterocycles. The largest absolute Gasteiger partial charge is 0.484 e. The van der Waals surface area contributed by atoms with Crippen LogP contribution in [-0.2, 0) is 33.2 Å². The number of amides is 1. The van der Waals surface area contributed by atoms with Crippen molar-refractivity contribution >= 4 is 47.1 Å². The van der Waals surface area contributed by atoms with Crippen LogP contribution in [0.5, 0.6) is 5.75 Å². The number of benzene rings is 2. The molecule has 2 rings (SSSR count). The Balaban J connectivity index is 1.62. The maximum atomic E-state index is 12.3. The van der Waals surface area contributed by atoms with Crippen molar-refractivity contribution in [2.24, 2.45) is 0 Å². The van der Waals surface area contributed by atoms with E-state index in [4.69, 9.17) is 20.2 Å². The van der Waals surface area contributed by atoms with Gasteiger partial charge in [0.25, 0.3) is 20.6 Å². The van der Waals surface area contributed by atoms with Crippen molar-refractivity contribution in [3.63, 3.8) is 0 Å². The van der Waals surface area contributed by atoms with E-state index in [1.807, 2.05) is 0 Å². The van der Waals surface area contributed by atoms with Gasteiger partial charge in [-0.15, -0.1) is 0 Å². The highest BCUT2D eigenvalue weighted by Crippen LogP contribution is 2.28. The van der Waals surface area contributed by atoms with Crippen LogP contribution in [-0.4, -0.2) is 59.1 Å². The number of hydrogen-bond acceptors (Lipinski definition) is 10. The topological polar surface area (TPSA) is 176 Å². The summed E-state index contributed by atoms with van der Waals surface area (Å²) in [5, 5.41) is 13.5. The molecule has 12 nitrogen and oxygen atoms in total. The highest BCUT2D eigenvalue weighted by Gasteiger charge is 2.19. The number of sulfone groups is 1. The first kappa shape index (κ1) is 32.0. The summed E-state index contributed by atoms with van der Waals surface area (Å²) >= 11 is 0. The van der Waals surface area contributed by atoms with E-state index in [0.717, 1.165) is 6.07 Å². The second-order valence-corrected chi connectivity index (χ2v) is 13.2. The number of non-ortho nitro benzene ring substituents is 1. The summed E-state index contributed by atoms with van der Waals surface area (Å²) < 4.78 is 58.3. The van der Waals surface area contributed by atoms with Gasteiger partial charge in [-0.05, 0) is 56.0 Å². The third-order valence-electron chi connectivity index (χ3n) is 5.43. The van der Waals surface area contributed by atoms with Gasteiger partial charge in [0.1, 0.15) is 12.4 Å². The lowest BCUT2D eigenvalue weighted by molar-refractivity contribution is -0.385. The molecule has 2 aromatic rings. The number of carbonyl (C=O) groups excluding carboxylic acids is 2. The SMILES string of the molecule is Cc1cc(OCC(=O)NCCCCCC(=O)OCCS(=O)(=O)c2cccc([N+](=O)[O-])c2)cc(C)c1S(=O)(=O)Cl. The molecule has 0 saturated heterocycles. The molecule has 0 saturated carbocycles. The molecule has 0 aliphatic rings. The quantitative estimate of drug-likeness (QED) is 0.104. The maximum Gasteiger partial charge on any atom is 0.305 e. The maximum absolute atomic E-state index is 12.3. The Morgan fingerprint density at radius 3 is 2.31 bits per heavy atom. The number of carbonyl (C=O) groups is 2. The summed E-state index contributed by atoms with van der Waals surface area (Å²) in [7, 11) is -2.31. The Hall–Kier alpha value is -3.23. The zero-order chi connectivity index (χ0) is 29.2. The number of rotatable bonds is 15. The van der Waals surface area contributed by atoms with E-state index >= 15 is 0 Å². The lowest BCUT2D eigenvalue weighted by Gasteiger charge is -2.12. The molecule has 0 aromatic heterocycles. The Kier molecular flexibility index (Phi) is 11.7. The summed E-state index contributed by atoms with van der Waals surface area (Å²) in [4.78, 5) is 33.8. The summed E-state index contributed by atoms with van der Waals surface area (Å²) in [5.74, 6) is -1.10. The summed E-state index contributed by atoms with van der Waals surface area (Å²) in [6, 6.07) is 7.61. The van der Waals surface area contributed by atoms with Crippen LogP contribution in [0.3, 0.4) is 0 Å². The molecule has 0 aliphatic carbocycles. The van der Waals surface area contributed by atoms with E-state index in [0.29, 0.717) is 42.7 Å². The van der Waals surface area contributed by atoms with Crippen molar-refractivity contribution in [3.8, 4) is 5.75 Å². The number of halogens is 1. The van der Waals surface area contributed by atoms with Gasteiger partial charge in [-0.3, -0.25) is 19.7 Å². The van der Waals surface area contributed by atoms with Crippen LogP contribution >= 0.6 is 10.7 Å². The van der Waals surface area contributed by atoms with Gasteiger partial charge < -0.3 is 14.8 Å². The first-order valence-corrected chi connectivity index (χ1v) is 15.7. The number of aryl methyl sites for hydroxylation is 2. The molecule has 39 heavy (non-hydrogen) atoms. The van der Waals surface area contributed by atoms with Crippen LogP contribution in [0.1, 0.15) is 36.8 Å². The van der Waals surface area contributed by atoms with Gasteiger partial charge in [-0.1, -0.05) is 12.5 Å². The smallest absolute Gasteiger partial charge is 0.305 e. The molecule has 214 valence electrons. The highest BCUT2D eigenvalue weighted by molar-refractivity contribution is 8.13. The fourth-order valence-electron chi connectivity index (χ4n) is 3.62. The van der Waals surface area contributed by atoms with Crippen LogP contribution < -0.4 is 10.1 Å². The van der Waals surface area contributed by atoms with E-state index in [9.17, 15) is 36.5 Å². The number of nitro groups is 1. The number of ether oxygens (including phenoxy) is 2. The van der Waals surface area contributed by atoms with Gasteiger partial charge >= 0.3 is 5.97 Å².